The number of nitrogens with zero attached hydrogens (tertiary/aromatic N) is 6. The second-order valence-electron chi connectivity index (χ2n) is 9.22. The molecule has 8 nitrogen and oxygen atoms in total. The summed E-state index contributed by atoms with van der Waals surface area (Å²) in [6.07, 6.45) is 4.16. The smallest absolute Gasteiger partial charge is 0.274 e. The molecule has 0 N–H and O–H groups in total. The molecule has 2 amide bonds. The number of para-hydroxylation sites is 3. The van der Waals surface area contributed by atoms with E-state index < -0.39 is 0 Å². The Kier molecular flexibility index (Phi) is 7.46. The van der Waals surface area contributed by atoms with Gasteiger partial charge in [-0.1, -0.05) is 36.4 Å². The molecular formula is C29H30N6O2. The quantitative estimate of drug-likeness (QED) is 0.429. The van der Waals surface area contributed by atoms with E-state index in [-0.39, 0.29) is 11.8 Å². The first-order valence-corrected chi connectivity index (χ1v) is 12.6. The number of pyridine rings is 1. The van der Waals surface area contributed by atoms with Crippen LogP contribution in [0.3, 0.4) is 0 Å². The summed E-state index contributed by atoms with van der Waals surface area (Å²) in [6.45, 7) is 5.20. The van der Waals surface area contributed by atoms with Crippen molar-refractivity contribution in [1.29, 1.82) is 0 Å². The molecule has 0 radical (unpaired) electrons. The third-order valence-corrected chi connectivity index (χ3v) is 6.63. The third-order valence-electron chi connectivity index (χ3n) is 6.63. The van der Waals surface area contributed by atoms with E-state index in [4.69, 9.17) is 0 Å². The summed E-state index contributed by atoms with van der Waals surface area (Å²) in [5.74, 6) is -0.194. The highest BCUT2D eigenvalue weighted by Gasteiger charge is 2.24. The van der Waals surface area contributed by atoms with E-state index in [1.165, 1.54) is 0 Å². The first-order valence-electron chi connectivity index (χ1n) is 12.6. The summed E-state index contributed by atoms with van der Waals surface area (Å²) < 4.78 is 0. The van der Waals surface area contributed by atoms with E-state index in [9.17, 15) is 9.59 Å². The lowest BCUT2D eigenvalue weighted by Crippen LogP contribution is -2.39. The van der Waals surface area contributed by atoms with E-state index in [1.807, 2.05) is 76.5 Å². The number of anilines is 1. The highest BCUT2D eigenvalue weighted by atomic mass is 16.2. The van der Waals surface area contributed by atoms with E-state index in [0.717, 1.165) is 35.4 Å². The zero-order valence-electron chi connectivity index (χ0n) is 21.0. The molecule has 0 saturated heterocycles. The minimum absolute atomic E-state index is 0.0127. The van der Waals surface area contributed by atoms with Gasteiger partial charge in [0.15, 0.2) is 0 Å². The molecule has 1 aliphatic heterocycles. The van der Waals surface area contributed by atoms with Gasteiger partial charge in [0.1, 0.15) is 5.69 Å². The van der Waals surface area contributed by atoms with E-state index >= 15 is 0 Å². The van der Waals surface area contributed by atoms with Crippen molar-refractivity contribution in [1.82, 2.24) is 24.8 Å². The molecule has 3 heterocycles. The number of rotatable bonds is 3. The summed E-state index contributed by atoms with van der Waals surface area (Å²) in [4.78, 5) is 45.9. The Labute approximate surface area is 216 Å². The Morgan fingerprint density at radius 1 is 0.838 bits per heavy atom. The molecule has 4 aromatic rings. The molecule has 0 saturated carbocycles. The maximum atomic E-state index is 13.8. The van der Waals surface area contributed by atoms with Crippen molar-refractivity contribution in [2.24, 2.45) is 0 Å². The zero-order chi connectivity index (χ0) is 25.6. The van der Waals surface area contributed by atoms with Crippen LogP contribution in [0.5, 0.6) is 0 Å². The second-order valence-corrected chi connectivity index (χ2v) is 9.22. The maximum absolute atomic E-state index is 13.8. The van der Waals surface area contributed by atoms with Crippen molar-refractivity contribution in [2.45, 2.75) is 26.4 Å². The fraction of sp³-hybridized carbons (Fsp3) is 0.276. The summed E-state index contributed by atoms with van der Waals surface area (Å²) in [5.41, 5.74) is 4.49. The van der Waals surface area contributed by atoms with Crippen molar-refractivity contribution in [3.8, 4) is 0 Å². The van der Waals surface area contributed by atoms with Gasteiger partial charge < -0.3 is 9.80 Å². The average Bonchev–Trinajstić information content (AvgIpc) is 2.96. The first-order chi connectivity index (χ1) is 18.1. The Bertz CT molecular complexity index is 1390. The van der Waals surface area contributed by atoms with E-state index in [1.54, 1.807) is 19.3 Å². The van der Waals surface area contributed by atoms with Crippen molar-refractivity contribution in [2.75, 3.05) is 31.1 Å². The fourth-order valence-electron chi connectivity index (χ4n) is 4.74. The zero-order valence-corrected chi connectivity index (χ0v) is 21.0. The van der Waals surface area contributed by atoms with Crippen LogP contribution in [-0.2, 0) is 17.9 Å². The lowest BCUT2D eigenvalue weighted by atomic mass is 10.1. The van der Waals surface area contributed by atoms with Crippen LogP contribution in [0.1, 0.15) is 35.1 Å². The van der Waals surface area contributed by atoms with Crippen LogP contribution in [0.4, 0.5) is 5.69 Å². The minimum Gasteiger partial charge on any atom is -0.332 e. The summed E-state index contributed by atoms with van der Waals surface area (Å²) in [5, 5.41) is 0. The number of amides is 2. The van der Waals surface area contributed by atoms with Crippen molar-refractivity contribution in [3.63, 3.8) is 0 Å². The SMILES string of the molecule is CC(=O)N1CCCN(Cc2ccccn2)CCN(C(=O)c2cnc3ccccc3n2)Cc2ccccc21. The molecule has 0 bridgehead atoms. The van der Waals surface area contributed by atoms with Crippen LogP contribution in [-0.4, -0.2) is 62.7 Å². The van der Waals surface area contributed by atoms with Crippen molar-refractivity contribution < 1.29 is 9.59 Å². The van der Waals surface area contributed by atoms with Crippen molar-refractivity contribution in [3.05, 3.63) is 96.1 Å². The molecule has 0 atom stereocenters. The van der Waals surface area contributed by atoms with Gasteiger partial charge in [-0.2, -0.15) is 0 Å². The Morgan fingerprint density at radius 2 is 1.62 bits per heavy atom. The van der Waals surface area contributed by atoms with Crippen LogP contribution in [0, 0.1) is 0 Å². The Hall–Kier alpha value is -4.17. The van der Waals surface area contributed by atoms with Crippen LogP contribution >= 0.6 is 0 Å². The molecule has 1 aliphatic rings. The van der Waals surface area contributed by atoms with Gasteiger partial charge in [0.2, 0.25) is 5.91 Å². The minimum atomic E-state index is -0.181. The molecule has 0 unspecified atom stereocenters. The lowest BCUT2D eigenvalue weighted by molar-refractivity contribution is -0.116. The number of carbonyl (C=O) groups excluding carboxylic acids is 2. The van der Waals surface area contributed by atoms with Gasteiger partial charge in [0.05, 0.1) is 22.9 Å². The third kappa shape index (κ3) is 5.81. The number of aromatic nitrogens is 3. The number of hydrogen-bond acceptors (Lipinski definition) is 6. The highest BCUT2D eigenvalue weighted by molar-refractivity contribution is 5.94. The van der Waals surface area contributed by atoms with Gasteiger partial charge in [-0.05, 0) is 42.3 Å². The molecular weight excluding hydrogens is 464 g/mol. The molecule has 2 aromatic heterocycles. The van der Waals surface area contributed by atoms with E-state index in [0.29, 0.717) is 43.9 Å². The predicted octanol–water partition coefficient (Wildman–Crippen LogP) is 3.93. The number of fused-ring (bicyclic) bond motifs is 2. The monoisotopic (exact) mass is 494 g/mol. The van der Waals surface area contributed by atoms with Crippen LogP contribution < -0.4 is 4.90 Å². The lowest BCUT2D eigenvalue weighted by Gasteiger charge is -2.27. The van der Waals surface area contributed by atoms with E-state index in [2.05, 4.69) is 19.9 Å². The largest absolute Gasteiger partial charge is 0.332 e. The Balaban J connectivity index is 1.48. The molecule has 2 aromatic carbocycles. The molecule has 0 fully saturated rings. The fourth-order valence-corrected chi connectivity index (χ4v) is 4.74. The van der Waals surface area contributed by atoms with Crippen LogP contribution in [0.2, 0.25) is 0 Å². The maximum Gasteiger partial charge on any atom is 0.274 e. The molecule has 37 heavy (non-hydrogen) atoms. The van der Waals surface area contributed by atoms with Gasteiger partial charge in [-0.25, -0.2) is 4.98 Å². The Morgan fingerprint density at radius 3 is 2.43 bits per heavy atom. The predicted molar refractivity (Wildman–Crippen MR) is 143 cm³/mol. The van der Waals surface area contributed by atoms with Gasteiger partial charge in [-0.3, -0.25) is 24.5 Å². The summed E-state index contributed by atoms with van der Waals surface area (Å²) in [7, 11) is 0. The van der Waals surface area contributed by atoms with Gasteiger partial charge in [0.25, 0.3) is 5.91 Å². The van der Waals surface area contributed by atoms with Gasteiger partial charge >= 0.3 is 0 Å². The van der Waals surface area contributed by atoms with Crippen LogP contribution in [0.25, 0.3) is 11.0 Å². The van der Waals surface area contributed by atoms with Crippen molar-refractivity contribution >= 4 is 28.5 Å². The van der Waals surface area contributed by atoms with Gasteiger partial charge in [-0.15, -0.1) is 0 Å². The molecule has 5 rings (SSSR count). The molecule has 8 heteroatoms. The standard InChI is InChI=1S/C29H30N6O2/c1-22(36)35-16-8-15-33(21-24-10-6-7-14-30-24)17-18-34(20-23-9-2-5-13-28(23)35)29(37)27-19-31-25-11-3-4-12-26(25)32-27/h2-7,9-14,19H,8,15-18,20-21H2,1H3. The number of hydrogen-bond donors (Lipinski definition) is 0. The summed E-state index contributed by atoms with van der Waals surface area (Å²) >= 11 is 0. The topological polar surface area (TPSA) is 82.5 Å². The number of benzene rings is 2. The van der Waals surface area contributed by atoms with Crippen LogP contribution in [0.15, 0.2) is 79.1 Å². The highest BCUT2D eigenvalue weighted by Crippen LogP contribution is 2.24. The first kappa shape index (κ1) is 24.5. The van der Waals surface area contributed by atoms with Gasteiger partial charge in [0, 0.05) is 58.1 Å². The normalized spacial score (nSPS) is 15.2. The molecule has 0 spiro atoms. The molecule has 188 valence electrons. The average molecular weight is 495 g/mol. The second kappa shape index (κ2) is 11.3. The number of carbonyl (C=O) groups is 2. The summed E-state index contributed by atoms with van der Waals surface area (Å²) in [6, 6.07) is 21.3. The molecule has 0 aliphatic carbocycles.